The Balaban J connectivity index is 3.08. The number of aldehydes is 1. The maximum absolute atomic E-state index is 10.4. The average Bonchev–Trinajstić information content (AvgIpc) is 2.04. The van der Waals surface area contributed by atoms with Gasteiger partial charge in [0.25, 0.3) is 0 Å². The summed E-state index contributed by atoms with van der Waals surface area (Å²) < 4.78 is 0.896. The fraction of sp³-hybridized carbons (Fsp3) is 0.125. The van der Waals surface area contributed by atoms with Gasteiger partial charge in [-0.15, -0.1) is 0 Å². The van der Waals surface area contributed by atoms with E-state index in [-0.39, 0.29) is 0 Å². The Labute approximate surface area is 73.6 Å². The Bertz CT molecular complexity index is 232. The van der Waals surface area contributed by atoms with Gasteiger partial charge in [0, 0.05) is 9.99 Å². The van der Waals surface area contributed by atoms with E-state index in [9.17, 15) is 4.79 Å². The number of hydrogen-bond acceptors (Lipinski definition) is 1. The predicted octanol–water partition coefficient (Wildman–Crippen LogP) is 2.43. The third kappa shape index (κ3) is 1.56. The van der Waals surface area contributed by atoms with Crippen molar-refractivity contribution >= 4 is 28.9 Å². The third-order valence-corrected chi connectivity index (χ3v) is 2.15. The molecule has 2 heteroatoms. The molecule has 0 saturated heterocycles. The van der Waals surface area contributed by atoms with Crippen molar-refractivity contribution in [2.45, 2.75) is 4.43 Å². The Morgan fingerprint density at radius 1 is 1.40 bits per heavy atom. The van der Waals surface area contributed by atoms with Gasteiger partial charge in [-0.25, -0.2) is 0 Å². The molecule has 1 rings (SSSR count). The topological polar surface area (TPSA) is 17.1 Å². The summed E-state index contributed by atoms with van der Waals surface area (Å²) in [5.41, 5.74) is 1.91. The van der Waals surface area contributed by atoms with Crippen LogP contribution < -0.4 is 0 Å². The molecule has 1 aromatic rings. The molecular weight excluding hydrogens is 239 g/mol. The number of alkyl halides is 1. The van der Waals surface area contributed by atoms with Crippen LogP contribution in [0.2, 0.25) is 0 Å². The summed E-state index contributed by atoms with van der Waals surface area (Å²) in [7, 11) is 0. The zero-order valence-electron chi connectivity index (χ0n) is 5.38. The van der Waals surface area contributed by atoms with Crippen molar-refractivity contribution in [3.63, 3.8) is 0 Å². The van der Waals surface area contributed by atoms with Gasteiger partial charge in [-0.3, -0.25) is 4.79 Å². The van der Waals surface area contributed by atoms with Gasteiger partial charge in [0.1, 0.15) is 6.29 Å². The van der Waals surface area contributed by atoms with Crippen LogP contribution in [-0.4, -0.2) is 6.29 Å². The highest BCUT2D eigenvalue weighted by Crippen LogP contribution is 2.09. The van der Waals surface area contributed by atoms with Gasteiger partial charge in [-0.05, 0) is 5.56 Å². The number of halogens is 1. The molecule has 0 aliphatic carbocycles. The van der Waals surface area contributed by atoms with Crippen LogP contribution in [0.1, 0.15) is 15.9 Å². The summed E-state index contributed by atoms with van der Waals surface area (Å²) in [5, 5.41) is 0. The van der Waals surface area contributed by atoms with E-state index in [0.29, 0.717) is 0 Å². The van der Waals surface area contributed by atoms with Crippen LogP contribution in [0, 0.1) is 0 Å². The first-order valence-corrected chi connectivity index (χ1v) is 4.50. The zero-order chi connectivity index (χ0) is 7.40. The zero-order valence-corrected chi connectivity index (χ0v) is 7.54. The van der Waals surface area contributed by atoms with Crippen LogP contribution >= 0.6 is 22.6 Å². The van der Waals surface area contributed by atoms with E-state index in [4.69, 9.17) is 0 Å². The third-order valence-electron chi connectivity index (χ3n) is 1.33. The molecule has 0 unspecified atom stereocenters. The highest BCUT2D eigenvalue weighted by atomic mass is 127. The molecule has 0 saturated carbocycles. The molecule has 0 aromatic heterocycles. The molecule has 0 amide bonds. The molecule has 0 fully saturated rings. The minimum atomic E-state index is 0.803. The highest BCUT2D eigenvalue weighted by molar-refractivity contribution is 14.1. The number of carbonyl (C=O) groups excluding carboxylic acids is 1. The van der Waals surface area contributed by atoms with Crippen molar-refractivity contribution in [1.82, 2.24) is 0 Å². The maximum Gasteiger partial charge on any atom is 0.150 e. The molecule has 0 heterocycles. The fourth-order valence-corrected chi connectivity index (χ4v) is 1.47. The van der Waals surface area contributed by atoms with Crippen molar-refractivity contribution in [2.75, 3.05) is 0 Å². The highest BCUT2D eigenvalue weighted by Gasteiger charge is 1.95. The van der Waals surface area contributed by atoms with Crippen LogP contribution in [0.15, 0.2) is 24.3 Å². The standard InChI is InChI=1S/C8H7IO/c9-5-7-3-1-2-4-8(7)6-10/h1-4,6H,5H2. The lowest BCUT2D eigenvalue weighted by molar-refractivity contribution is 0.112. The van der Waals surface area contributed by atoms with E-state index in [1.807, 2.05) is 24.3 Å². The van der Waals surface area contributed by atoms with Crippen molar-refractivity contribution in [1.29, 1.82) is 0 Å². The smallest absolute Gasteiger partial charge is 0.150 e. The molecule has 52 valence electrons. The van der Waals surface area contributed by atoms with E-state index in [0.717, 1.165) is 21.8 Å². The minimum absolute atomic E-state index is 0.803. The first kappa shape index (κ1) is 7.72. The second-order valence-corrected chi connectivity index (χ2v) is 2.71. The van der Waals surface area contributed by atoms with E-state index >= 15 is 0 Å². The number of benzene rings is 1. The van der Waals surface area contributed by atoms with Crippen LogP contribution in [0.4, 0.5) is 0 Å². The summed E-state index contributed by atoms with van der Waals surface area (Å²) in [5.74, 6) is 0. The van der Waals surface area contributed by atoms with Gasteiger partial charge in [0.2, 0.25) is 0 Å². The molecule has 0 spiro atoms. The minimum Gasteiger partial charge on any atom is -0.298 e. The predicted molar refractivity (Wildman–Crippen MR) is 49.6 cm³/mol. The van der Waals surface area contributed by atoms with E-state index < -0.39 is 0 Å². The van der Waals surface area contributed by atoms with Crippen LogP contribution in [0.25, 0.3) is 0 Å². The lowest BCUT2D eigenvalue weighted by Crippen LogP contribution is -1.86. The number of rotatable bonds is 2. The normalized spacial score (nSPS) is 9.30. The summed E-state index contributed by atoms with van der Waals surface area (Å²) in [4.78, 5) is 10.4. The van der Waals surface area contributed by atoms with Crippen molar-refractivity contribution in [2.24, 2.45) is 0 Å². The van der Waals surface area contributed by atoms with Gasteiger partial charge in [0.15, 0.2) is 0 Å². The summed E-state index contributed by atoms with van der Waals surface area (Å²) in [6, 6.07) is 7.62. The second kappa shape index (κ2) is 3.71. The summed E-state index contributed by atoms with van der Waals surface area (Å²) in [6.07, 6.45) is 0.897. The van der Waals surface area contributed by atoms with Crippen molar-refractivity contribution in [3.8, 4) is 0 Å². The lowest BCUT2D eigenvalue weighted by Gasteiger charge is -1.96. The van der Waals surface area contributed by atoms with E-state index in [2.05, 4.69) is 22.6 Å². The molecule has 0 N–H and O–H groups in total. The quantitative estimate of drug-likeness (QED) is 0.445. The molecular formula is C8H7IO. The molecule has 1 nitrogen and oxygen atoms in total. The van der Waals surface area contributed by atoms with Crippen molar-refractivity contribution < 1.29 is 4.79 Å². The molecule has 0 aliphatic heterocycles. The fourth-order valence-electron chi connectivity index (χ4n) is 0.771. The molecule has 0 bridgehead atoms. The second-order valence-electron chi connectivity index (χ2n) is 1.95. The Kier molecular flexibility index (Phi) is 2.86. The van der Waals surface area contributed by atoms with Gasteiger partial charge in [0.05, 0.1) is 0 Å². The molecule has 0 atom stereocenters. The van der Waals surface area contributed by atoms with Gasteiger partial charge < -0.3 is 0 Å². The Hall–Kier alpha value is -0.380. The van der Waals surface area contributed by atoms with Crippen LogP contribution in [-0.2, 0) is 4.43 Å². The SMILES string of the molecule is O=Cc1ccccc1CI. The summed E-state index contributed by atoms with van der Waals surface area (Å²) >= 11 is 2.24. The molecule has 1 aromatic carbocycles. The lowest BCUT2D eigenvalue weighted by atomic mass is 10.1. The van der Waals surface area contributed by atoms with Crippen LogP contribution in [0.5, 0.6) is 0 Å². The van der Waals surface area contributed by atoms with Crippen LogP contribution in [0.3, 0.4) is 0 Å². The Morgan fingerprint density at radius 2 is 2.10 bits per heavy atom. The van der Waals surface area contributed by atoms with Gasteiger partial charge >= 0.3 is 0 Å². The molecule has 0 aliphatic rings. The average molecular weight is 246 g/mol. The molecule has 10 heavy (non-hydrogen) atoms. The Morgan fingerprint density at radius 3 is 2.60 bits per heavy atom. The maximum atomic E-state index is 10.4. The van der Waals surface area contributed by atoms with E-state index in [1.165, 1.54) is 0 Å². The largest absolute Gasteiger partial charge is 0.298 e. The summed E-state index contributed by atoms with van der Waals surface area (Å²) in [6.45, 7) is 0. The van der Waals surface area contributed by atoms with Crippen molar-refractivity contribution in [3.05, 3.63) is 35.4 Å². The number of hydrogen-bond donors (Lipinski definition) is 0. The van der Waals surface area contributed by atoms with Gasteiger partial charge in [-0.2, -0.15) is 0 Å². The first-order valence-electron chi connectivity index (χ1n) is 2.97. The monoisotopic (exact) mass is 246 g/mol. The van der Waals surface area contributed by atoms with Gasteiger partial charge in [-0.1, -0.05) is 46.9 Å². The molecule has 0 radical (unpaired) electrons. The first-order chi connectivity index (χ1) is 4.88. The van der Waals surface area contributed by atoms with E-state index in [1.54, 1.807) is 0 Å². The number of carbonyl (C=O) groups is 1.